The Labute approximate surface area is 146 Å². The molecule has 0 saturated heterocycles. The predicted octanol–water partition coefficient (Wildman–Crippen LogP) is 3.77. The van der Waals surface area contributed by atoms with Crippen LogP contribution in [0.5, 0.6) is 0 Å². The minimum absolute atomic E-state index is 0.153. The number of hydrogen-bond donors (Lipinski definition) is 1. The fourth-order valence-corrected chi connectivity index (χ4v) is 2.27. The Balaban J connectivity index is 1.78. The molecule has 2 aromatic carbocycles. The van der Waals surface area contributed by atoms with Crippen molar-refractivity contribution < 1.29 is 14.3 Å². The molecule has 0 spiro atoms. The molecule has 2 rings (SSSR count). The molecule has 0 aliphatic carbocycles. The van der Waals surface area contributed by atoms with E-state index in [0.29, 0.717) is 5.02 Å². The van der Waals surface area contributed by atoms with Crippen LogP contribution in [0.1, 0.15) is 24.1 Å². The van der Waals surface area contributed by atoms with E-state index in [-0.39, 0.29) is 18.6 Å². The molecular formula is C19H18ClNO3. The van der Waals surface area contributed by atoms with E-state index in [1.165, 1.54) is 6.08 Å². The normalized spacial score (nSPS) is 11.9. The summed E-state index contributed by atoms with van der Waals surface area (Å²) >= 11 is 5.86. The highest BCUT2D eigenvalue weighted by Gasteiger charge is 2.10. The minimum atomic E-state index is -0.586. The van der Waals surface area contributed by atoms with Crippen molar-refractivity contribution in [2.24, 2.45) is 0 Å². The summed E-state index contributed by atoms with van der Waals surface area (Å²) in [7, 11) is 0. The topological polar surface area (TPSA) is 55.4 Å². The Kier molecular flexibility index (Phi) is 6.58. The van der Waals surface area contributed by atoms with Gasteiger partial charge < -0.3 is 10.1 Å². The van der Waals surface area contributed by atoms with Crippen LogP contribution in [0.2, 0.25) is 5.02 Å². The number of rotatable bonds is 6. The van der Waals surface area contributed by atoms with Crippen molar-refractivity contribution in [3.63, 3.8) is 0 Å². The highest BCUT2D eigenvalue weighted by atomic mass is 35.5. The summed E-state index contributed by atoms with van der Waals surface area (Å²) in [6.45, 7) is 1.55. The Bertz CT molecular complexity index is 728. The molecule has 0 aromatic heterocycles. The van der Waals surface area contributed by atoms with E-state index in [0.717, 1.165) is 11.1 Å². The van der Waals surface area contributed by atoms with Crippen LogP contribution >= 0.6 is 11.6 Å². The average molecular weight is 344 g/mol. The third-order valence-electron chi connectivity index (χ3n) is 3.28. The standard InChI is InChI=1S/C19H18ClNO3/c1-14(16-7-3-2-4-8-16)21-18(22)13-24-19(23)11-10-15-6-5-9-17(20)12-15/h2-12,14H,13H2,1H3,(H,21,22)/b11-10+/t14-/m1/s1. The van der Waals surface area contributed by atoms with E-state index in [2.05, 4.69) is 5.32 Å². The second kappa shape index (κ2) is 8.89. The maximum Gasteiger partial charge on any atom is 0.331 e. The fraction of sp³-hybridized carbons (Fsp3) is 0.158. The van der Waals surface area contributed by atoms with Gasteiger partial charge in [-0.2, -0.15) is 0 Å². The lowest BCUT2D eigenvalue weighted by molar-refractivity contribution is -0.144. The molecule has 0 radical (unpaired) electrons. The molecule has 0 saturated carbocycles. The van der Waals surface area contributed by atoms with Crippen LogP contribution in [0, 0.1) is 0 Å². The molecule has 0 fully saturated rings. The van der Waals surface area contributed by atoms with Gasteiger partial charge in [0.25, 0.3) is 5.91 Å². The Morgan fingerprint density at radius 2 is 1.92 bits per heavy atom. The predicted molar refractivity (Wildman–Crippen MR) is 94.4 cm³/mol. The molecule has 1 N–H and O–H groups in total. The minimum Gasteiger partial charge on any atom is -0.452 e. The van der Waals surface area contributed by atoms with Crippen molar-refractivity contribution in [3.05, 3.63) is 76.8 Å². The summed E-state index contributed by atoms with van der Waals surface area (Å²) in [4.78, 5) is 23.5. The summed E-state index contributed by atoms with van der Waals surface area (Å²) < 4.78 is 4.92. The van der Waals surface area contributed by atoms with Crippen molar-refractivity contribution in [1.29, 1.82) is 0 Å². The molecular weight excluding hydrogens is 326 g/mol. The molecule has 5 heteroatoms. The Morgan fingerprint density at radius 3 is 2.62 bits per heavy atom. The SMILES string of the molecule is C[C@@H](NC(=O)COC(=O)/C=C/c1cccc(Cl)c1)c1ccccc1. The van der Waals surface area contributed by atoms with Gasteiger partial charge in [0.1, 0.15) is 0 Å². The maximum atomic E-state index is 11.8. The van der Waals surface area contributed by atoms with Crippen molar-refractivity contribution in [2.75, 3.05) is 6.61 Å². The highest BCUT2D eigenvalue weighted by Crippen LogP contribution is 2.12. The number of amides is 1. The van der Waals surface area contributed by atoms with Gasteiger partial charge in [-0.25, -0.2) is 4.79 Å². The molecule has 1 amide bonds. The number of esters is 1. The number of nitrogens with one attached hydrogen (secondary N) is 1. The third-order valence-corrected chi connectivity index (χ3v) is 3.52. The van der Waals surface area contributed by atoms with E-state index in [1.54, 1.807) is 24.3 Å². The second-order valence-electron chi connectivity index (χ2n) is 5.20. The van der Waals surface area contributed by atoms with Gasteiger partial charge in [-0.1, -0.05) is 54.1 Å². The van der Waals surface area contributed by atoms with Crippen LogP contribution in [0.4, 0.5) is 0 Å². The van der Waals surface area contributed by atoms with E-state index in [9.17, 15) is 9.59 Å². The summed E-state index contributed by atoms with van der Waals surface area (Å²) in [6, 6.07) is 16.5. The quantitative estimate of drug-likeness (QED) is 0.641. The van der Waals surface area contributed by atoms with Crippen molar-refractivity contribution in [1.82, 2.24) is 5.32 Å². The first-order chi connectivity index (χ1) is 11.5. The summed E-state index contributed by atoms with van der Waals surface area (Å²) in [5.41, 5.74) is 1.76. The number of halogens is 1. The van der Waals surface area contributed by atoms with Gasteiger partial charge in [0.05, 0.1) is 6.04 Å². The molecule has 124 valence electrons. The van der Waals surface area contributed by atoms with Crippen LogP contribution < -0.4 is 5.32 Å². The summed E-state index contributed by atoms with van der Waals surface area (Å²) in [5.74, 6) is -0.937. The van der Waals surface area contributed by atoms with E-state index in [4.69, 9.17) is 16.3 Å². The third kappa shape index (κ3) is 5.89. The largest absolute Gasteiger partial charge is 0.452 e. The molecule has 2 aromatic rings. The van der Waals surface area contributed by atoms with Crippen molar-refractivity contribution >= 4 is 29.6 Å². The van der Waals surface area contributed by atoms with Crippen LogP contribution in [-0.2, 0) is 14.3 Å². The lowest BCUT2D eigenvalue weighted by Gasteiger charge is -2.13. The average Bonchev–Trinajstić information content (AvgIpc) is 2.59. The van der Waals surface area contributed by atoms with Gasteiger partial charge in [0.2, 0.25) is 0 Å². The molecule has 0 bridgehead atoms. The highest BCUT2D eigenvalue weighted by molar-refractivity contribution is 6.30. The molecule has 4 nitrogen and oxygen atoms in total. The first kappa shape index (κ1) is 17.8. The number of carbonyl (C=O) groups excluding carboxylic acids is 2. The first-order valence-electron chi connectivity index (χ1n) is 7.49. The maximum absolute atomic E-state index is 11.8. The van der Waals surface area contributed by atoms with Gasteiger partial charge in [0, 0.05) is 11.1 Å². The summed E-state index contributed by atoms with van der Waals surface area (Å²) in [6.07, 6.45) is 2.85. The smallest absolute Gasteiger partial charge is 0.331 e. The van der Waals surface area contributed by atoms with Gasteiger partial charge in [0.15, 0.2) is 6.61 Å². The molecule has 0 aliphatic heterocycles. The zero-order valence-corrected chi connectivity index (χ0v) is 14.0. The van der Waals surface area contributed by atoms with Gasteiger partial charge in [-0.15, -0.1) is 0 Å². The van der Waals surface area contributed by atoms with E-state index >= 15 is 0 Å². The number of carbonyl (C=O) groups is 2. The van der Waals surface area contributed by atoms with Crippen molar-refractivity contribution in [2.45, 2.75) is 13.0 Å². The number of benzene rings is 2. The molecule has 1 atom stereocenters. The molecule has 0 unspecified atom stereocenters. The lowest BCUT2D eigenvalue weighted by Crippen LogP contribution is -2.30. The van der Waals surface area contributed by atoms with E-state index < -0.39 is 5.97 Å². The van der Waals surface area contributed by atoms with Gasteiger partial charge in [-0.3, -0.25) is 4.79 Å². The molecule has 24 heavy (non-hydrogen) atoms. The molecule has 0 heterocycles. The summed E-state index contributed by atoms with van der Waals surface area (Å²) in [5, 5.41) is 3.36. The lowest BCUT2D eigenvalue weighted by atomic mass is 10.1. The van der Waals surface area contributed by atoms with Crippen LogP contribution in [0.3, 0.4) is 0 Å². The number of ether oxygens (including phenoxy) is 1. The first-order valence-corrected chi connectivity index (χ1v) is 7.87. The zero-order chi connectivity index (χ0) is 17.4. The van der Waals surface area contributed by atoms with Crippen LogP contribution in [0.15, 0.2) is 60.7 Å². The van der Waals surface area contributed by atoms with E-state index in [1.807, 2.05) is 43.3 Å². The van der Waals surface area contributed by atoms with Gasteiger partial charge >= 0.3 is 5.97 Å². The second-order valence-corrected chi connectivity index (χ2v) is 5.63. The fourth-order valence-electron chi connectivity index (χ4n) is 2.07. The number of hydrogen-bond acceptors (Lipinski definition) is 3. The molecule has 0 aliphatic rings. The Hall–Kier alpha value is -2.59. The van der Waals surface area contributed by atoms with Crippen LogP contribution in [-0.4, -0.2) is 18.5 Å². The zero-order valence-electron chi connectivity index (χ0n) is 13.2. The van der Waals surface area contributed by atoms with Crippen LogP contribution in [0.25, 0.3) is 6.08 Å². The monoisotopic (exact) mass is 343 g/mol. The van der Waals surface area contributed by atoms with Crippen molar-refractivity contribution in [3.8, 4) is 0 Å². The Morgan fingerprint density at radius 1 is 1.17 bits per heavy atom. The van der Waals surface area contributed by atoms with Gasteiger partial charge in [-0.05, 0) is 36.3 Å².